The second-order valence-electron chi connectivity index (χ2n) is 8.43. The smallest absolute Gasteiger partial charge is 0.243 e. The summed E-state index contributed by atoms with van der Waals surface area (Å²) in [7, 11) is 0. The summed E-state index contributed by atoms with van der Waals surface area (Å²) >= 11 is 4.94. The summed E-state index contributed by atoms with van der Waals surface area (Å²) in [5, 5.41) is 2.98. The standard InChI is InChI=1S/C24H30BrFN2O2S/c1-5-21(23(30)27-24(2,3)4)28(14-17-8-12-20(26)13-9-17)22(29)16-31-15-18-6-10-19(25)11-7-18/h6-13,21H,5,14-16H2,1-4H3,(H,27,30)/t21-/m1/s1. The lowest BCUT2D eigenvalue weighted by Crippen LogP contribution is -2.53. The molecule has 7 heteroatoms. The van der Waals surface area contributed by atoms with Crippen molar-refractivity contribution in [3.05, 3.63) is 69.9 Å². The molecule has 0 fully saturated rings. The molecule has 0 bridgehead atoms. The number of nitrogens with one attached hydrogen (secondary N) is 1. The molecule has 2 aromatic rings. The molecule has 2 rings (SSSR count). The summed E-state index contributed by atoms with van der Waals surface area (Å²) in [6.07, 6.45) is 0.492. The van der Waals surface area contributed by atoms with Crippen LogP contribution in [0.2, 0.25) is 0 Å². The molecule has 0 aliphatic rings. The number of benzene rings is 2. The lowest BCUT2D eigenvalue weighted by Gasteiger charge is -2.33. The monoisotopic (exact) mass is 508 g/mol. The number of hydrogen-bond donors (Lipinski definition) is 1. The van der Waals surface area contributed by atoms with Gasteiger partial charge in [0.2, 0.25) is 11.8 Å². The third-order valence-electron chi connectivity index (χ3n) is 4.56. The van der Waals surface area contributed by atoms with E-state index in [1.807, 2.05) is 52.0 Å². The highest BCUT2D eigenvalue weighted by atomic mass is 79.9. The SMILES string of the molecule is CC[C@H](C(=O)NC(C)(C)C)N(Cc1ccc(F)cc1)C(=O)CSCc1ccc(Br)cc1. The molecule has 168 valence electrons. The average Bonchev–Trinajstić information content (AvgIpc) is 2.69. The lowest BCUT2D eigenvalue weighted by molar-refractivity contribution is -0.140. The van der Waals surface area contributed by atoms with Gasteiger partial charge in [-0.2, -0.15) is 0 Å². The van der Waals surface area contributed by atoms with Gasteiger partial charge in [0.05, 0.1) is 5.75 Å². The maximum atomic E-state index is 13.3. The zero-order valence-electron chi connectivity index (χ0n) is 18.5. The molecule has 0 radical (unpaired) electrons. The minimum absolute atomic E-state index is 0.109. The van der Waals surface area contributed by atoms with Gasteiger partial charge >= 0.3 is 0 Å². The van der Waals surface area contributed by atoms with Crippen LogP contribution < -0.4 is 5.32 Å². The van der Waals surface area contributed by atoms with E-state index in [1.54, 1.807) is 17.0 Å². The van der Waals surface area contributed by atoms with Crippen LogP contribution in [0.3, 0.4) is 0 Å². The highest BCUT2D eigenvalue weighted by molar-refractivity contribution is 9.10. The van der Waals surface area contributed by atoms with Crippen molar-refractivity contribution in [2.45, 2.75) is 58.0 Å². The first kappa shape index (κ1) is 25.4. The molecule has 0 unspecified atom stereocenters. The van der Waals surface area contributed by atoms with Crippen molar-refractivity contribution in [2.75, 3.05) is 5.75 Å². The first-order chi connectivity index (χ1) is 14.6. The predicted octanol–water partition coefficient (Wildman–Crippen LogP) is 5.54. The summed E-state index contributed by atoms with van der Waals surface area (Å²) in [6, 6.07) is 13.4. The zero-order valence-corrected chi connectivity index (χ0v) is 20.9. The fourth-order valence-electron chi connectivity index (χ4n) is 3.08. The van der Waals surface area contributed by atoms with E-state index in [9.17, 15) is 14.0 Å². The van der Waals surface area contributed by atoms with Gasteiger partial charge in [-0.05, 0) is 62.6 Å². The Morgan fingerprint density at radius 3 is 2.19 bits per heavy atom. The van der Waals surface area contributed by atoms with Gasteiger partial charge in [0.15, 0.2) is 0 Å². The number of carbonyl (C=O) groups is 2. The van der Waals surface area contributed by atoms with Gasteiger partial charge in [0, 0.05) is 22.3 Å². The molecular weight excluding hydrogens is 479 g/mol. The first-order valence-corrected chi connectivity index (χ1v) is 12.2. The van der Waals surface area contributed by atoms with Crippen LogP contribution in [-0.4, -0.2) is 34.0 Å². The second-order valence-corrected chi connectivity index (χ2v) is 10.3. The molecule has 0 saturated carbocycles. The Balaban J connectivity index is 2.14. The third-order valence-corrected chi connectivity index (χ3v) is 6.08. The molecular formula is C24H30BrFN2O2S. The van der Waals surface area contributed by atoms with E-state index in [0.29, 0.717) is 12.2 Å². The summed E-state index contributed by atoms with van der Waals surface area (Å²) in [6.45, 7) is 7.90. The maximum Gasteiger partial charge on any atom is 0.243 e. The summed E-state index contributed by atoms with van der Waals surface area (Å²) in [4.78, 5) is 27.7. The van der Waals surface area contributed by atoms with Gasteiger partial charge in [-0.1, -0.05) is 47.1 Å². The van der Waals surface area contributed by atoms with Gasteiger partial charge in [-0.15, -0.1) is 11.8 Å². The normalized spacial score (nSPS) is 12.3. The fraction of sp³-hybridized carbons (Fsp3) is 0.417. The van der Waals surface area contributed by atoms with Crippen LogP contribution in [0, 0.1) is 5.82 Å². The molecule has 0 aromatic heterocycles. The van der Waals surface area contributed by atoms with Gasteiger partial charge in [-0.3, -0.25) is 9.59 Å². The van der Waals surface area contributed by atoms with Gasteiger partial charge < -0.3 is 10.2 Å². The van der Waals surface area contributed by atoms with Gasteiger partial charge in [0.1, 0.15) is 11.9 Å². The summed E-state index contributed by atoms with van der Waals surface area (Å²) in [5.41, 5.74) is 1.52. The van der Waals surface area contributed by atoms with Crippen LogP contribution >= 0.6 is 27.7 Å². The van der Waals surface area contributed by atoms with Crippen LogP contribution in [-0.2, 0) is 21.9 Å². The van der Waals surface area contributed by atoms with E-state index in [1.165, 1.54) is 23.9 Å². The summed E-state index contributed by atoms with van der Waals surface area (Å²) < 4.78 is 14.3. The molecule has 1 N–H and O–H groups in total. The second kappa shape index (κ2) is 11.7. The number of halogens is 2. The van der Waals surface area contributed by atoms with Crippen molar-refractivity contribution in [1.29, 1.82) is 0 Å². The fourth-order valence-corrected chi connectivity index (χ4v) is 4.21. The van der Waals surface area contributed by atoms with E-state index < -0.39 is 11.6 Å². The maximum absolute atomic E-state index is 13.3. The van der Waals surface area contributed by atoms with E-state index in [-0.39, 0.29) is 29.9 Å². The lowest BCUT2D eigenvalue weighted by atomic mass is 10.1. The van der Waals surface area contributed by atoms with Crippen LogP contribution in [0.15, 0.2) is 53.0 Å². The molecule has 0 aliphatic heterocycles. The molecule has 1 atom stereocenters. The van der Waals surface area contributed by atoms with Crippen molar-refractivity contribution >= 4 is 39.5 Å². The van der Waals surface area contributed by atoms with Crippen LogP contribution in [0.25, 0.3) is 0 Å². The predicted molar refractivity (Wildman–Crippen MR) is 129 cm³/mol. The Morgan fingerprint density at radius 2 is 1.65 bits per heavy atom. The number of rotatable bonds is 9. The highest BCUT2D eigenvalue weighted by Crippen LogP contribution is 2.19. The van der Waals surface area contributed by atoms with Crippen LogP contribution in [0.5, 0.6) is 0 Å². The number of carbonyl (C=O) groups excluding carboxylic acids is 2. The molecule has 4 nitrogen and oxygen atoms in total. The number of nitrogens with zero attached hydrogens (tertiary/aromatic N) is 1. The minimum atomic E-state index is -0.593. The topological polar surface area (TPSA) is 49.4 Å². The quantitative estimate of drug-likeness (QED) is 0.483. The van der Waals surface area contributed by atoms with Crippen LogP contribution in [0.4, 0.5) is 4.39 Å². The Labute approximate surface area is 197 Å². The van der Waals surface area contributed by atoms with E-state index in [0.717, 1.165) is 15.6 Å². The average molecular weight is 509 g/mol. The molecule has 2 aromatic carbocycles. The third kappa shape index (κ3) is 8.65. The molecule has 31 heavy (non-hydrogen) atoms. The number of hydrogen-bond acceptors (Lipinski definition) is 3. The largest absolute Gasteiger partial charge is 0.350 e. The van der Waals surface area contributed by atoms with Gasteiger partial charge in [0.25, 0.3) is 0 Å². The minimum Gasteiger partial charge on any atom is -0.350 e. The number of amides is 2. The Morgan fingerprint density at radius 1 is 1.06 bits per heavy atom. The first-order valence-electron chi connectivity index (χ1n) is 10.3. The summed E-state index contributed by atoms with van der Waals surface area (Å²) in [5.74, 6) is 0.347. The van der Waals surface area contributed by atoms with Gasteiger partial charge in [-0.25, -0.2) is 4.39 Å². The van der Waals surface area contributed by atoms with Crippen LogP contribution in [0.1, 0.15) is 45.2 Å². The molecule has 0 spiro atoms. The van der Waals surface area contributed by atoms with E-state index in [2.05, 4.69) is 21.2 Å². The van der Waals surface area contributed by atoms with Crippen molar-refractivity contribution in [2.24, 2.45) is 0 Å². The van der Waals surface area contributed by atoms with Crippen molar-refractivity contribution in [1.82, 2.24) is 10.2 Å². The Bertz CT molecular complexity index is 867. The zero-order chi connectivity index (χ0) is 23.0. The number of thioether (sulfide) groups is 1. The van der Waals surface area contributed by atoms with E-state index in [4.69, 9.17) is 0 Å². The highest BCUT2D eigenvalue weighted by Gasteiger charge is 2.30. The van der Waals surface area contributed by atoms with E-state index >= 15 is 0 Å². The Hall–Kier alpha value is -1.86. The Kier molecular flexibility index (Phi) is 9.56. The molecule has 2 amide bonds. The molecule has 0 heterocycles. The molecule has 0 saturated heterocycles. The van der Waals surface area contributed by atoms with Crippen molar-refractivity contribution < 1.29 is 14.0 Å². The molecule has 0 aliphatic carbocycles. The van der Waals surface area contributed by atoms with Crippen molar-refractivity contribution in [3.63, 3.8) is 0 Å². The van der Waals surface area contributed by atoms with Crippen molar-refractivity contribution in [3.8, 4) is 0 Å².